The number of aromatic nitrogens is 2. The van der Waals surface area contributed by atoms with Gasteiger partial charge in [-0.3, -0.25) is 9.59 Å². The van der Waals surface area contributed by atoms with Crippen LogP contribution in [0.1, 0.15) is 31.8 Å². The normalized spacial score (nSPS) is 14.5. The summed E-state index contributed by atoms with van der Waals surface area (Å²) in [6.07, 6.45) is 0. The van der Waals surface area contributed by atoms with Gasteiger partial charge in [0.25, 0.3) is 11.8 Å². The van der Waals surface area contributed by atoms with Gasteiger partial charge < -0.3 is 19.8 Å². The average Bonchev–Trinajstić information content (AvgIpc) is 3.08. The highest BCUT2D eigenvalue weighted by atomic mass is 16.2. The van der Waals surface area contributed by atoms with E-state index in [0.717, 1.165) is 11.1 Å². The van der Waals surface area contributed by atoms with E-state index in [2.05, 4.69) is 9.97 Å². The van der Waals surface area contributed by atoms with E-state index in [9.17, 15) is 14.4 Å². The number of rotatable bonds is 2. The maximum atomic E-state index is 12.8. The molecule has 0 saturated carbocycles. The fourth-order valence-corrected chi connectivity index (χ4v) is 3.52. The summed E-state index contributed by atoms with van der Waals surface area (Å²) in [7, 11) is 0. The lowest BCUT2D eigenvalue weighted by Crippen LogP contribution is -2.50. The van der Waals surface area contributed by atoms with Crippen molar-refractivity contribution in [1.82, 2.24) is 19.8 Å². The number of carbonyl (C=O) groups is 2. The second-order valence-electron chi connectivity index (χ2n) is 7.22. The molecule has 2 N–H and O–H groups in total. The van der Waals surface area contributed by atoms with Crippen LogP contribution in [0.2, 0.25) is 0 Å². The number of piperazine rings is 1. The van der Waals surface area contributed by atoms with Gasteiger partial charge >= 0.3 is 5.69 Å². The van der Waals surface area contributed by atoms with Crippen molar-refractivity contribution in [3.05, 3.63) is 69.1 Å². The molecule has 3 aromatic rings. The molecule has 0 spiro atoms. The molecule has 28 heavy (non-hydrogen) atoms. The number of carbonyl (C=O) groups excluding carboxylic acids is 2. The molecule has 2 aromatic carbocycles. The van der Waals surface area contributed by atoms with Crippen LogP contribution in [-0.4, -0.2) is 57.8 Å². The number of nitrogens with one attached hydrogen (secondary N) is 2. The van der Waals surface area contributed by atoms with E-state index >= 15 is 0 Å². The van der Waals surface area contributed by atoms with Gasteiger partial charge in [0.15, 0.2) is 0 Å². The molecule has 0 aliphatic carbocycles. The highest BCUT2D eigenvalue weighted by molar-refractivity contribution is 5.98. The molecule has 0 unspecified atom stereocenters. The minimum Gasteiger partial charge on any atom is -0.335 e. The molecule has 4 rings (SSSR count). The summed E-state index contributed by atoms with van der Waals surface area (Å²) in [5, 5.41) is 0. The first-order valence-corrected chi connectivity index (χ1v) is 9.30. The fourth-order valence-electron chi connectivity index (χ4n) is 3.52. The number of nitrogens with zero attached hydrogens (tertiary/aromatic N) is 2. The van der Waals surface area contributed by atoms with E-state index in [4.69, 9.17) is 0 Å². The third-order valence-corrected chi connectivity index (χ3v) is 5.37. The number of amides is 2. The Labute approximate surface area is 162 Å². The number of hydrogen-bond acceptors (Lipinski definition) is 3. The van der Waals surface area contributed by atoms with Crippen LogP contribution in [0.15, 0.2) is 41.2 Å². The Morgan fingerprint density at radius 3 is 1.89 bits per heavy atom. The zero-order valence-electron chi connectivity index (χ0n) is 15.9. The third kappa shape index (κ3) is 3.31. The number of imidazole rings is 1. The predicted molar refractivity (Wildman–Crippen MR) is 107 cm³/mol. The molecule has 1 fully saturated rings. The molecular weight excluding hydrogens is 356 g/mol. The number of benzene rings is 2. The molecule has 2 heterocycles. The van der Waals surface area contributed by atoms with Crippen molar-refractivity contribution in [2.75, 3.05) is 26.2 Å². The van der Waals surface area contributed by atoms with Gasteiger partial charge in [-0.2, -0.15) is 0 Å². The molecule has 1 aliphatic heterocycles. The summed E-state index contributed by atoms with van der Waals surface area (Å²) >= 11 is 0. The zero-order valence-corrected chi connectivity index (χ0v) is 15.9. The third-order valence-electron chi connectivity index (χ3n) is 5.37. The van der Waals surface area contributed by atoms with Crippen molar-refractivity contribution in [2.45, 2.75) is 13.8 Å². The number of H-pyrrole nitrogens is 2. The van der Waals surface area contributed by atoms with Gasteiger partial charge in [0.2, 0.25) is 0 Å². The molecule has 1 saturated heterocycles. The molecule has 2 amide bonds. The Morgan fingerprint density at radius 2 is 1.29 bits per heavy atom. The van der Waals surface area contributed by atoms with Crippen molar-refractivity contribution in [3.8, 4) is 0 Å². The van der Waals surface area contributed by atoms with Gasteiger partial charge in [-0.1, -0.05) is 6.07 Å². The Morgan fingerprint density at radius 1 is 0.750 bits per heavy atom. The summed E-state index contributed by atoms with van der Waals surface area (Å²) in [4.78, 5) is 45.8. The first-order valence-electron chi connectivity index (χ1n) is 9.30. The quantitative estimate of drug-likeness (QED) is 0.715. The Balaban J connectivity index is 1.43. The first kappa shape index (κ1) is 18.0. The number of aryl methyl sites for hydroxylation is 2. The molecule has 1 aliphatic rings. The van der Waals surface area contributed by atoms with E-state index in [-0.39, 0.29) is 17.5 Å². The van der Waals surface area contributed by atoms with Crippen LogP contribution in [0.4, 0.5) is 0 Å². The SMILES string of the molecule is Cc1ccc(C(=O)N2CCN(C(=O)c3ccc4[nH]c(=O)[nH]c4c3)CC2)cc1C. The van der Waals surface area contributed by atoms with Crippen LogP contribution in [0.3, 0.4) is 0 Å². The van der Waals surface area contributed by atoms with Gasteiger partial charge in [0.05, 0.1) is 11.0 Å². The fraction of sp³-hybridized carbons (Fsp3) is 0.286. The van der Waals surface area contributed by atoms with Crippen molar-refractivity contribution < 1.29 is 9.59 Å². The molecule has 144 valence electrons. The first-order chi connectivity index (χ1) is 13.4. The largest absolute Gasteiger partial charge is 0.335 e. The molecule has 7 nitrogen and oxygen atoms in total. The van der Waals surface area contributed by atoms with E-state index in [0.29, 0.717) is 48.3 Å². The second kappa shape index (κ2) is 6.99. The van der Waals surface area contributed by atoms with E-state index in [1.807, 2.05) is 32.0 Å². The van der Waals surface area contributed by atoms with Crippen molar-refractivity contribution in [1.29, 1.82) is 0 Å². The highest BCUT2D eigenvalue weighted by Crippen LogP contribution is 2.16. The van der Waals surface area contributed by atoms with Gasteiger partial charge in [0, 0.05) is 37.3 Å². The lowest BCUT2D eigenvalue weighted by Gasteiger charge is -2.35. The Hall–Kier alpha value is -3.35. The van der Waals surface area contributed by atoms with Crippen LogP contribution < -0.4 is 5.69 Å². The van der Waals surface area contributed by atoms with E-state index < -0.39 is 0 Å². The van der Waals surface area contributed by atoms with Crippen LogP contribution in [0.5, 0.6) is 0 Å². The highest BCUT2D eigenvalue weighted by Gasteiger charge is 2.25. The molecule has 7 heteroatoms. The standard InChI is InChI=1S/C21H22N4O3/c1-13-3-4-15(11-14(13)2)19(26)24-7-9-25(10-8-24)20(27)16-5-6-17-18(12-16)23-21(28)22-17/h3-6,11-12H,7-10H2,1-2H3,(H2,22,23,28). The van der Waals surface area contributed by atoms with Crippen molar-refractivity contribution in [2.24, 2.45) is 0 Å². The summed E-state index contributed by atoms with van der Waals surface area (Å²) in [6.45, 7) is 5.99. The van der Waals surface area contributed by atoms with Crippen LogP contribution in [-0.2, 0) is 0 Å². The lowest BCUT2D eigenvalue weighted by molar-refractivity contribution is 0.0535. The average molecular weight is 378 g/mol. The maximum absolute atomic E-state index is 12.8. The molecule has 0 radical (unpaired) electrons. The molecule has 0 bridgehead atoms. The van der Waals surface area contributed by atoms with Crippen molar-refractivity contribution in [3.63, 3.8) is 0 Å². The van der Waals surface area contributed by atoms with Crippen LogP contribution >= 0.6 is 0 Å². The topological polar surface area (TPSA) is 89.3 Å². The van der Waals surface area contributed by atoms with Crippen LogP contribution in [0, 0.1) is 13.8 Å². The smallest absolute Gasteiger partial charge is 0.323 e. The van der Waals surface area contributed by atoms with Gasteiger partial charge in [0.1, 0.15) is 0 Å². The minimum absolute atomic E-state index is 0.00140. The van der Waals surface area contributed by atoms with E-state index in [1.54, 1.807) is 28.0 Å². The van der Waals surface area contributed by atoms with Gasteiger partial charge in [-0.15, -0.1) is 0 Å². The summed E-state index contributed by atoms with van der Waals surface area (Å²) in [5.74, 6) is -0.0938. The number of fused-ring (bicyclic) bond motifs is 1. The molecule has 1 aromatic heterocycles. The second-order valence-corrected chi connectivity index (χ2v) is 7.22. The lowest BCUT2D eigenvalue weighted by atomic mass is 10.1. The summed E-state index contributed by atoms with van der Waals surface area (Å²) in [6, 6.07) is 10.9. The Kier molecular flexibility index (Phi) is 4.50. The Bertz CT molecular complexity index is 1120. The zero-order chi connectivity index (χ0) is 19.8. The van der Waals surface area contributed by atoms with Crippen molar-refractivity contribution >= 4 is 22.8 Å². The summed E-state index contributed by atoms with van der Waals surface area (Å²) < 4.78 is 0. The number of hydrogen-bond donors (Lipinski definition) is 2. The van der Waals surface area contributed by atoms with Crippen LogP contribution in [0.25, 0.3) is 11.0 Å². The minimum atomic E-state index is -0.293. The van der Waals surface area contributed by atoms with E-state index in [1.165, 1.54) is 0 Å². The molecular formula is C21H22N4O3. The summed E-state index contributed by atoms with van der Waals surface area (Å²) in [5.41, 5.74) is 4.45. The van der Waals surface area contributed by atoms with Gasteiger partial charge in [-0.05, 0) is 55.3 Å². The van der Waals surface area contributed by atoms with Gasteiger partial charge in [-0.25, -0.2) is 4.79 Å². The maximum Gasteiger partial charge on any atom is 0.323 e. The number of aromatic amines is 2. The predicted octanol–water partition coefficient (Wildman–Crippen LogP) is 2.07. The monoisotopic (exact) mass is 378 g/mol. The molecule has 0 atom stereocenters.